The third-order valence-corrected chi connectivity index (χ3v) is 9.17. The van der Waals surface area contributed by atoms with Crippen molar-refractivity contribution in [3.63, 3.8) is 0 Å². The first-order chi connectivity index (χ1) is 24.8. The number of rotatable bonds is 8. The summed E-state index contributed by atoms with van der Waals surface area (Å²) in [6.45, 7) is 7.06. The van der Waals surface area contributed by atoms with Crippen molar-refractivity contribution in [2.45, 2.75) is 71.0 Å². The van der Waals surface area contributed by atoms with Gasteiger partial charge in [0.15, 0.2) is 11.5 Å². The first kappa shape index (κ1) is 38.7. The first-order valence-electron chi connectivity index (χ1n) is 17.5. The number of halogens is 3. The molecule has 2 aliphatic rings. The van der Waals surface area contributed by atoms with Crippen molar-refractivity contribution >= 4 is 23.3 Å². The van der Waals surface area contributed by atoms with Crippen molar-refractivity contribution in [1.29, 1.82) is 0 Å². The third kappa shape index (κ3) is 10.3. The Balaban J connectivity index is 1.34. The fraction of sp³-hybridized carbons (Fsp3) is 0.474. The van der Waals surface area contributed by atoms with Gasteiger partial charge in [-0.15, -0.1) is 0 Å². The number of nitrogens with zero attached hydrogens (tertiary/aromatic N) is 2. The van der Waals surface area contributed by atoms with E-state index in [1.165, 1.54) is 12.1 Å². The maximum absolute atomic E-state index is 14.4. The van der Waals surface area contributed by atoms with E-state index in [9.17, 15) is 27.9 Å². The lowest BCUT2D eigenvalue weighted by Gasteiger charge is -2.36. The molecule has 0 bridgehead atoms. The lowest BCUT2D eigenvalue weighted by Crippen LogP contribution is -2.47. The molecule has 0 fully saturated rings. The molecule has 3 amide bonds. The normalized spacial score (nSPS) is 20.4. The number of ether oxygens (including phenoxy) is 4. The number of carbonyl (C=O) groups excluding carboxylic acids is 2. The zero-order chi connectivity index (χ0) is 37.4. The second kappa shape index (κ2) is 17.3. The molecule has 14 heteroatoms. The number of urea groups is 1. The van der Waals surface area contributed by atoms with Gasteiger partial charge in [-0.3, -0.25) is 9.69 Å². The quantitative estimate of drug-likeness (QED) is 0.227. The first-order valence-corrected chi connectivity index (χ1v) is 17.5. The standard InChI is InChI=1S/C38H47F3N4O7/c1-24-19-45(25(2)22-46)36(47)31-17-29(42-37(48)43-30-13-15-33-34(18-30)51-23-50-33)12-14-32(31)52-26(3)7-5-6-16-49-35(24)21-44(4)20-27-8-10-28(11-9-27)38(39,40)41/h8-15,17-18,24-26,35,46H,5-7,16,19-23H2,1-4H3,(H2,42,43,48)/t24-,25+,26+,35-/m0/s1. The molecule has 4 atom stereocenters. The summed E-state index contributed by atoms with van der Waals surface area (Å²) in [7, 11) is 1.88. The predicted octanol–water partition coefficient (Wildman–Crippen LogP) is 7.01. The number of hydrogen-bond acceptors (Lipinski definition) is 8. The minimum absolute atomic E-state index is 0.107. The lowest BCUT2D eigenvalue weighted by molar-refractivity contribution is -0.137. The molecule has 0 spiro atoms. The third-order valence-electron chi connectivity index (χ3n) is 9.17. The number of hydrogen-bond donors (Lipinski definition) is 3. The molecular weight excluding hydrogens is 681 g/mol. The second-order valence-electron chi connectivity index (χ2n) is 13.5. The molecule has 5 rings (SSSR count). The Morgan fingerprint density at radius 2 is 1.65 bits per heavy atom. The van der Waals surface area contributed by atoms with Crippen molar-refractivity contribution < 1.29 is 46.8 Å². The summed E-state index contributed by atoms with van der Waals surface area (Å²) in [6.07, 6.45) is -2.65. The maximum Gasteiger partial charge on any atom is 0.416 e. The number of aliphatic hydroxyl groups excluding tert-OH is 1. The molecule has 3 N–H and O–H groups in total. The Hall–Kier alpha value is -4.53. The molecule has 3 aromatic rings. The molecule has 52 heavy (non-hydrogen) atoms. The Labute approximate surface area is 302 Å². The summed E-state index contributed by atoms with van der Waals surface area (Å²) < 4.78 is 62.7. The van der Waals surface area contributed by atoms with E-state index in [0.29, 0.717) is 54.7 Å². The molecule has 2 heterocycles. The molecule has 0 aliphatic carbocycles. The molecule has 0 unspecified atom stereocenters. The van der Waals surface area contributed by atoms with Gasteiger partial charge in [0.2, 0.25) is 6.79 Å². The maximum atomic E-state index is 14.4. The summed E-state index contributed by atoms with van der Waals surface area (Å²) >= 11 is 0. The molecular formula is C38H47F3N4O7. The van der Waals surface area contributed by atoms with Gasteiger partial charge in [0.05, 0.1) is 36.0 Å². The van der Waals surface area contributed by atoms with Gasteiger partial charge >= 0.3 is 12.2 Å². The average molecular weight is 729 g/mol. The number of amides is 3. The van der Waals surface area contributed by atoms with Crippen molar-refractivity contribution in [2.24, 2.45) is 5.92 Å². The van der Waals surface area contributed by atoms with E-state index in [4.69, 9.17) is 18.9 Å². The van der Waals surface area contributed by atoms with Crippen LogP contribution >= 0.6 is 0 Å². The number of fused-ring (bicyclic) bond motifs is 2. The number of anilines is 2. The smallest absolute Gasteiger partial charge is 0.416 e. The van der Waals surface area contributed by atoms with Crippen LogP contribution in [0.5, 0.6) is 17.2 Å². The number of aliphatic hydroxyl groups is 1. The Kier molecular flexibility index (Phi) is 12.9. The van der Waals surface area contributed by atoms with Gasteiger partial charge in [0.25, 0.3) is 5.91 Å². The van der Waals surface area contributed by atoms with Crippen LogP contribution in [0.2, 0.25) is 0 Å². The summed E-state index contributed by atoms with van der Waals surface area (Å²) in [6, 6.07) is 14.0. The van der Waals surface area contributed by atoms with E-state index in [1.807, 2.05) is 25.8 Å². The molecule has 3 aromatic carbocycles. The Morgan fingerprint density at radius 1 is 0.981 bits per heavy atom. The number of alkyl halides is 3. The topological polar surface area (TPSA) is 122 Å². The van der Waals surface area contributed by atoms with Crippen LogP contribution in [0.1, 0.15) is 61.5 Å². The number of nitrogens with one attached hydrogen (secondary N) is 2. The van der Waals surface area contributed by atoms with E-state index in [1.54, 1.807) is 48.2 Å². The van der Waals surface area contributed by atoms with Crippen LogP contribution in [0.4, 0.5) is 29.3 Å². The molecule has 0 saturated heterocycles. The van der Waals surface area contributed by atoms with Crippen molar-refractivity contribution in [1.82, 2.24) is 9.80 Å². The number of benzene rings is 3. The van der Waals surface area contributed by atoms with Gasteiger partial charge in [-0.05, 0) is 88.2 Å². The second-order valence-corrected chi connectivity index (χ2v) is 13.5. The predicted molar refractivity (Wildman–Crippen MR) is 190 cm³/mol. The van der Waals surface area contributed by atoms with Crippen molar-refractivity contribution in [2.75, 3.05) is 50.8 Å². The fourth-order valence-corrected chi connectivity index (χ4v) is 6.21. The highest BCUT2D eigenvalue weighted by molar-refractivity contribution is 6.02. The summed E-state index contributed by atoms with van der Waals surface area (Å²) in [4.78, 5) is 31.0. The lowest BCUT2D eigenvalue weighted by atomic mass is 10.0. The van der Waals surface area contributed by atoms with Gasteiger partial charge in [-0.1, -0.05) is 19.1 Å². The monoisotopic (exact) mass is 728 g/mol. The zero-order valence-corrected chi connectivity index (χ0v) is 29.9. The van der Waals surface area contributed by atoms with Crippen LogP contribution < -0.4 is 24.8 Å². The highest BCUT2D eigenvalue weighted by Crippen LogP contribution is 2.35. The summed E-state index contributed by atoms with van der Waals surface area (Å²) in [5.74, 6) is 0.885. The van der Waals surface area contributed by atoms with E-state index in [2.05, 4.69) is 10.6 Å². The van der Waals surface area contributed by atoms with Gasteiger partial charge in [-0.2, -0.15) is 13.2 Å². The average Bonchev–Trinajstić information content (AvgIpc) is 3.57. The van der Waals surface area contributed by atoms with Crippen molar-refractivity contribution in [3.05, 3.63) is 77.4 Å². The van der Waals surface area contributed by atoms with Crippen LogP contribution in [-0.2, 0) is 17.5 Å². The van der Waals surface area contributed by atoms with E-state index < -0.39 is 23.8 Å². The van der Waals surface area contributed by atoms with Crippen molar-refractivity contribution in [3.8, 4) is 17.2 Å². The summed E-state index contributed by atoms with van der Waals surface area (Å²) in [5, 5.41) is 15.8. The largest absolute Gasteiger partial charge is 0.490 e. The molecule has 0 saturated carbocycles. The zero-order valence-electron chi connectivity index (χ0n) is 29.9. The fourth-order valence-electron chi connectivity index (χ4n) is 6.21. The molecule has 2 aliphatic heterocycles. The minimum atomic E-state index is -4.40. The Morgan fingerprint density at radius 3 is 2.35 bits per heavy atom. The molecule has 0 aromatic heterocycles. The van der Waals surface area contributed by atoms with E-state index in [0.717, 1.165) is 30.5 Å². The van der Waals surface area contributed by atoms with Gasteiger partial charge in [-0.25, -0.2) is 4.79 Å². The van der Waals surface area contributed by atoms with Gasteiger partial charge < -0.3 is 39.6 Å². The molecule has 0 radical (unpaired) electrons. The highest BCUT2D eigenvalue weighted by Gasteiger charge is 2.32. The molecule has 282 valence electrons. The van der Waals surface area contributed by atoms with Gasteiger partial charge in [0, 0.05) is 49.6 Å². The van der Waals surface area contributed by atoms with Crippen LogP contribution in [0.3, 0.4) is 0 Å². The molecule has 11 nitrogen and oxygen atoms in total. The van der Waals surface area contributed by atoms with Crippen LogP contribution in [0.25, 0.3) is 0 Å². The Bertz CT molecular complexity index is 1670. The highest BCUT2D eigenvalue weighted by atomic mass is 19.4. The minimum Gasteiger partial charge on any atom is -0.490 e. The summed E-state index contributed by atoms with van der Waals surface area (Å²) in [5.41, 5.74) is 1.12. The van der Waals surface area contributed by atoms with Crippen LogP contribution in [0.15, 0.2) is 60.7 Å². The number of carbonyl (C=O) groups is 2. The van der Waals surface area contributed by atoms with E-state index >= 15 is 0 Å². The van der Waals surface area contributed by atoms with Crippen LogP contribution in [-0.4, -0.2) is 85.2 Å². The number of likely N-dealkylation sites (N-methyl/N-ethyl adjacent to an activating group) is 1. The SMILES string of the molecule is C[C@@H]1CCCCO[C@@H](CN(C)Cc2ccc(C(F)(F)F)cc2)[C@@H](C)CN([C@H](C)CO)C(=O)c2cc(NC(=O)Nc3ccc4c(c3)OCO4)ccc2O1. The van der Waals surface area contributed by atoms with E-state index in [-0.39, 0.29) is 49.5 Å². The van der Waals surface area contributed by atoms with Crippen LogP contribution in [0, 0.1) is 5.92 Å². The van der Waals surface area contributed by atoms with Gasteiger partial charge in [0.1, 0.15) is 5.75 Å².